The van der Waals surface area contributed by atoms with Gasteiger partial charge < -0.3 is 10.2 Å². The van der Waals surface area contributed by atoms with Crippen molar-refractivity contribution < 1.29 is 0 Å². The fourth-order valence-corrected chi connectivity index (χ4v) is 2.43. The molecule has 114 valence electrons. The molecule has 2 atom stereocenters. The van der Waals surface area contributed by atoms with E-state index in [4.69, 9.17) is 0 Å². The zero-order valence-electron chi connectivity index (χ0n) is 14.1. The van der Waals surface area contributed by atoms with E-state index >= 15 is 0 Å². The molecule has 2 nitrogen and oxygen atoms in total. The van der Waals surface area contributed by atoms with Crippen molar-refractivity contribution in [3.63, 3.8) is 0 Å². The molecule has 2 heteroatoms. The minimum absolute atomic E-state index is 0.417. The largest absolute Gasteiger partial charge is 0.309 e. The minimum Gasteiger partial charge on any atom is -0.309 e. The summed E-state index contributed by atoms with van der Waals surface area (Å²) in [6, 6.07) is 10.2. The van der Waals surface area contributed by atoms with E-state index in [0.717, 1.165) is 13.1 Å². The molecule has 0 aliphatic carbocycles. The summed E-state index contributed by atoms with van der Waals surface area (Å²) < 4.78 is 0. The molecule has 0 spiro atoms. The van der Waals surface area contributed by atoms with Gasteiger partial charge in [0.05, 0.1) is 0 Å². The van der Waals surface area contributed by atoms with Gasteiger partial charge >= 0.3 is 0 Å². The maximum Gasteiger partial charge on any atom is 0.0449 e. The van der Waals surface area contributed by atoms with Crippen LogP contribution in [0.25, 0.3) is 0 Å². The van der Waals surface area contributed by atoms with Gasteiger partial charge in [0.15, 0.2) is 0 Å². The first-order valence-electron chi connectivity index (χ1n) is 8.03. The lowest BCUT2D eigenvalue weighted by Crippen LogP contribution is -2.37. The van der Waals surface area contributed by atoms with Crippen LogP contribution in [0.4, 0.5) is 0 Å². The number of likely N-dealkylation sites (N-methyl/N-ethyl adjacent to an activating group) is 2. The Morgan fingerprint density at radius 3 is 2.00 bits per heavy atom. The second-order valence-corrected chi connectivity index (χ2v) is 6.13. The van der Waals surface area contributed by atoms with Crippen molar-refractivity contribution >= 4 is 0 Å². The van der Waals surface area contributed by atoms with E-state index < -0.39 is 0 Å². The maximum atomic E-state index is 3.62. The minimum atomic E-state index is 0.417. The van der Waals surface area contributed by atoms with Crippen LogP contribution in [0.3, 0.4) is 0 Å². The molecule has 0 bridgehead atoms. The summed E-state index contributed by atoms with van der Waals surface area (Å²) >= 11 is 0. The predicted molar refractivity (Wildman–Crippen MR) is 89.3 cm³/mol. The lowest BCUT2D eigenvalue weighted by molar-refractivity contribution is 0.225. The van der Waals surface area contributed by atoms with Crippen molar-refractivity contribution in [1.82, 2.24) is 10.2 Å². The number of rotatable bonds is 8. The molecule has 0 aliphatic heterocycles. The van der Waals surface area contributed by atoms with E-state index in [9.17, 15) is 0 Å². The summed E-state index contributed by atoms with van der Waals surface area (Å²) in [7, 11) is 2.22. The summed E-state index contributed by atoms with van der Waals surface area (Å²) in [5.74, 6) is 0.601. The molecule has 0 amide bonds. The fraction of sp³-hybridized carbons (Fsp3) is 0.667. The molecular weight excluding hydrogens is 244 g/mol. The van der Waals surface area contributed by atoms with Gasteiger partial charge in [-0.2, -0.15) is 0 Å². The Bertz CT molecular complexity index is 370. The van der Waals surface area contributed by atoms with Gasteiger partial charge in [0.2, 0.25) is 0 Å². The highest BCUT2D eigenvalue weighted by Crippen LogP contribution is 2.20. The van der Waals surface area contributed by atoms with Gasteiger partial charge in [-0.15, -0.1) is 0 Å². The third kappa shape index (κ3) is 4.92. The van der Waals surface area contributed by atoms with Crippen molar-refractivity contribution in [2.24, 2.45) is 0 Å². The summed E-state index contributed by atoms with van der Waals surface area (Å²) in [6.07, 6.45) is 1.20. The lowest BCUT2D eigenvalue weighted by atomic mass is 9.98. The number of nitrogens with zero attached hydrogens (tertiary/aromatic N) is 1. The summed E-state index contributed by atoms with van der Waals surface area (Å²) in [5, 5.41) is 3.62. The second-order valence-electron chi connectivity index (χ2n) is 6.13. The third-order valence-electron chi connectivity index (χ3n) is 4.27. The fourth-order valence-electron chi connectivity index (χ4n) is 2.43. The average molecular weight is 276 g/mol. The van der Waals surface area contributed by atoms with Crippen molar-refractivity contribution in [1.29, 1.82) is 0 Å². The van der Waals surface area contributed by atoms with Crippen LogP contribution in [0.5, 0.6) is 0 Å². The van der Waals surface area contributed by atoms with Crippen LogP contribution < -0.4 is 5.32 Å². The first-order chi connectivity index (χ1) is 9.49. The van der Waals surface area contributed by atoms with Gasteiger partial charge in [-0.25, -0.2) is 0 Å². The van der Waals surface area contributed by atoms with Crippen molar-refractivity contribution in [3.8, 4) is 0 Å². The Labute approximate surface area is 125 Å². The Hall–Kier alpha value is -0.860. The van der Waals surface area contributed by atoms with Gasteiger partial charge in [0, 0.05) is 18.6 Å². The topological polar surface area (TPSA) is 15.3 Å². The quantitative estimate of drug-likeness (QED) is 0.766. The Morgan fingerprint density at radius 2 is 1.55 bits per heavy atom. The Morgan fingerprint density at radius 1 is 1.00 bits per heavy atom. The highest BCUT2D eigenvalue weighted by molar-refractivity contribution is 5.27. The SMILES string of the molecule is CCNC(CN(C)C(C)CC)c1ccc(C(C)C)cc1. The average Bonchev–Trinajstić information content (AvgIpc) is 2.45. The van der Waals surface area contributed by atoms with E-state index in [-0.39, 0.29) is 0 Å². The second kappa shape index (κ2) is 8.43. The molecule has 0 heterocycles. The molecule has 1 aromatic rings. The van der Waals surface area contributed by atoms with Crippen LogP contribution in [0.2, 0.25) is 0 Å². The van der Waals surface area contributed by atoms with Gasteiger partial charge in [0.1, 0.15) is 0 Å². The van der Waals surface area contributed by atoms with E-state index in [1.165, 1.54) is 17.5 Å². The summed E-state index contributed by atoms with van der Waals surface area (Å²) in [4.78, 5) is 2.45. The summed E-state index contributed by atoms with van der Waals surface area (Å²) in [5.41, 5.74) is 2.81. The van der Waals surface area contributed by atoms with Gasteiger partial charge in [-0.1, -0.05) is 52.0 Å². The Balaban J connectivity index is 2.79. The number of nitrogens with one attached hydrogen (secondary N) is 1. The molecule has 2 unspecified atom stereocenters. The van der Waals surface area contributed by atoms with Crippen LogP contribution in [0.1, 0.15) is 64.1 Å². The molecule has 0 saturated heterocycles. The molecule has 0 saturated carbocycles. The maximum absolute atomic E-state index is 3.62. The normalized spacial score (nSPS) is 14.8. The van der Waals surface area contributed by atoms with Gasteiger partial charge in [-0.3, -0.25) is 0 Å². The van der Waals surface area contributed by atoms with Crippen molar-refractivity contribution in [2.45, 2.75) is 59.0 Å². The van der Waals surface area contributed by atoms with Gasteiger partial charge in [0.25, 0.3) is 0 Å². The lowest BCUT2D eigenvalue weighted by Gasteiger charge is -2.29. The number of hydrogen-bond acceptors (Lipinski definition) is 2. The molecule has 0 fully saturated rings. The molecule has 1 rings (SSSR count). The van der Waals surface area contributed by atoms with E-state index in [1.54, 1.807) is 0 Å². The zero-order chi connectivity index (χ0) is 15.1. The van der Waals surface area contributed by atoms with Gasteiger partial charge in [-0.05, 0) is 44.0 Å². The standard InChI is InChI=1S/C18H32N2/c1-7-15(5)20(6)13-18(19-8-2)17-11-9-16(10-12-17)14(3)4/h9-12,14-15,18-19H,7-8,13H2,1-6H3. The van der Waals surface area contributed by atoms with E-state index in [1.807, 2.05) is 0 Å². The molecule has 1 N–H and O–H groups in total. The predicted octanol–water partition coefficient (Wildman–Crippen LogP) is 4.19. The smallest absolute Gasteiger partial charge is 0.0449 e. The molecule has 0 aromatic heterocycles. The third-order valence-corrected chi connectivity index (χ3v) is 4.27. The van der Waals surface area contributed by atoms with E-state index in [2.05, 4.69) is 76.1 Å². The molecule has 20 heavy (non-hydrogen) atoms. The zero-order valence-corrected chi connectivity index (χ0v) is 14.1. The molecule has 0 aliphatic rings. The Kier molecular flexibility index (Phi) is 7.25. The highest BCUT2D eigenvalue weighted by Gasteiger charge is 2.16. The van der Waals surface area contributed by atoms with Crippen LogP contribution in [-0.4, -0.2) is 31.1 Å². The monoisotopic (exact) mass is 276 g/mol. The molecular formula is C18H32N2. The van der Waals surface area contributed by atoms with Crippen molar-refractivity contribution in [2.75, 3.05) is 20.1 Å². The molecule has 0 radical (unpaired) electrons. The van der Waals surface area contributed by atoms with Crippen LogP contribution in [-0.2, 0) is 0 Å². The first kappa shape index (κ1) is 17.2. The van der Waals surface area contributed by atoms with Crippen molar-refractivity contribution in [3.05, 3.63) is 35.4 Å². The van der Waals surface area contributed by atoms with E-state index in [0.29, 0.717) is 18.0 Å². The van der Waals surface area contributed by atoms with Crippen LogP contribution >= 0.6 is 0 Å². The molecule has 1 aromatic carbocycles. The first-order valence-corrected chi connectivity index (χ1v) is 8.03. The highest BCUT2D eigenvalue weighted by atomic mass is 15.1. The van der Waals surface area contributed by atoms with Crippen LogP contribution in [0, 0.1) is 0 Å². The number of benzene rings is 1. The number of hydrogen-bond donors (Lipinski definition) is 1. The summed E-state index contributed by atoms with van der Waals surface area (Å²) in [6.45, 7) is 13.3. The van der Waals surface area contributed by atoms with Crippen LogP contribution in [0.15, 0.2) is 24.3 Å².